The number of pyridine rings is 1. The van der Waals surface area contributed by atoms with Crippen LogP contribution in [0.2, 0.25) is 0 Å². The van der Waals surface area contributed by atoms with Crippen molar-refractivity contribution in [3.8, 4) is 5.82 Å². The third-order valence-corrected chi connectivity index (χ3v) is 2.52. The highest BCUT2D eigenvalue weighted by Gasteiger charge is 2.11. The van der Waals surface area contributed by atoms with Crippen LogP contribution in [0.25, 0.3) is 5.82 Å². The van der Waals surface area contributed by atoms with Gasteiger partial charge in [-0.25, -0.2) is 9.97 Å². The van der Waals surface area contributed by atoms with Crippen molar-refractivity contribution in [2.75, 3.05) is 5.32 Å². The van der Waals surface area contributed by atoms with Gasteiger partial charge in [-0.15, -0.1) is 0 Å². The Balaban J connectivity index is 2.33. The van der Waals surface area contributed by atoms with Crippen LogP contribution in [-0.4, -0.2) is 20.1 Å². The predicted molar refractivity (Wildman–Crippen MR) is 74.1 cm³/mol. The maximum Gasteiger partial charge on any atom is 0.140 e. The van der Waals surface area contributed by atoms with Gasteiger partial charge in [0.1, 0.15) is 17.5 Å². The molecule has 96 valence electrons. The molecule has 0 aliphatic heterocycles. The van der Waals surface area contributed by atoms with Gasteiger partial charge in [0, 0.05) is 24.4 Å². The van der Waals surface area contributed by atoms with E-state index in [2.05, 4.69) is 43.0 Å². The largest absolute Gasteiger partial charge is 0.365 e. The molecular weight excluding hydrogens is 224 g/mol. The lowest BCUT2D eigenvalue weighted by atomic mass is 10.1. The highest BCUT2D eigenvalue weighted by Crippen LogP contribution is 2.15. The van der Waals surface area contributed by atoms with Crippen molar-refractivity contribution >= 4 is 5.82 Å². The van der Waals surface area contributed by atoms with E-state index in [-0.39, 0.29) is 5.54 Å². The number of anilines is 1. The summed E-state index contributed by atoms with van der Waals surface area (Å²) >= 11 is 0. The van der Waals surface area contributed by atoms with Gasteiger partial charge in [0.25, 0.3) is 0 Å². The van der Waals surface area contributed by atoms with Gasteiger partial charge in [0.05, 0.1) is 0 Å². The summed E-state index contributed by atoms with van der Waals surface area (Å²) in [7, 11) is 0. The van der Waals surface area contributed by atoms with Crippen LogP contribution in [0, 0.1) is 0 Å². The second-order valence-electron chi connectivity index (χ2n) is 5.32. The number of imidazole rings is 1. The first-order valence-corrected chi connectivity index (χ1v) is 6.27. The molecule has 0 amide bonds. The Labute approximate surface area is 108 Å². The van der Waals surface area contributed by atoms with Crippen LogP contribution in [-0.2, 0) is 6.42 Å². The monoisotopic (exact) mass is 244 g/mol. The minimum absolute atomic E-state index is 0.00808. The lowest BCUT2D eigenvalue weighted by molar-refractivity contribution is 0.630. The molecule has 0 atom stereocenters. The smallest absolute Gasteiger partial charge is 0.140 e. The van der Waals surface area contributed by atoms with Crippen molar-refractivity contribution in [3.05, 3.63) is 36.4 Å². The lowest BCUT2D eigenvalue weighted by Gasteiger charge is -2.21. The van der Waals surface area contributed by atoms with Crippen LogP contribution in [0.4, 0.5) is 5.82 Å². The summed E-state index contributed by atoms with van der Waals surface area (Å²) < 4.78 is 2.02. The second kappa shape index (κ2) is 4.80. The molecule has 2 heterocycles. The third-order valence-electron chi connectivity index (χ3n) is 2.52. The molecule has 0 radical (unpaired) electrons. The maximum atomic E-state index is 4.62. The summed E-state index contributed by atoms with van der Waals surface area (Å²) in [6.07, 6.45) is 4.65. The maximum absolute atomic E-state index is 4.62. The van der Waals surface area contributed by atoms with E-state index in [0.717, 1.165) is 23.9 Å². The summed E-state index contributed by atoms with van der Waals surface area (Å²) in [4.78, 5) is 8.94. The fourth-order valence-corrected chi connectivity index (χ4v) is 1.82. The van der Waals surface area contributed by atoms with Crippen LogP contribution in [0.1, 0.15) is 33.5 Å². The van der Waals surface area contributed by atoms with Crippen molar-refractivity contribution in [1.29, 1.82) is 0 Å². The Morgan fingerprint density at radius 2 is 2.06 bits per heavy atom. The van der Waals surface area contributed by atoms with Crippen molar-refractivity contribution in [2.24, 2.45) is 0 Å². The van der Waals surface area contributed by atoms with Crippen molar-refractivity contribution in [2.45, 2.75) is 39.7 Å². The Morgan fingerprint density at radius 1 is 1.28 bits per heavy atom. The molecule has 0 aliphatic carbocycles. The first-order chi connectivity index (χ1) is 8.49. The van der Waals surface area contributed by atoms with E-state index in [1.807, 2.05) is 35.2 Å². The number of nitrogens with one attached hydrogen (secondary N) is 1. The van der Waals surface area contributed by atoms with Crippen LogP contribution >= 0.6 is 0 Å². The zero-order valence-corrected chi connectivity index (χ0v) is 11.4. The van der Waals surface area contributed by atoms with E-state index in [1.54, 1.807) is 0 Å². The van der Waals surface area contributed by atoms with Gasteiger partial charge in [-0.1, -0.05) is 13.0 Å². The number of rotatable bonds is 3. The molecule has 2 rings (SSSR count). The first kappa shape index (κ1) is 12.6. The lowest BCUT2D eigenvalue weighted by Crippen LogP contribution is -2.26. The van der Waals surface area contributed by atoms with E-state index >= 15 is 0 Å². The molecular formula is C14H20N4. The minimum Gasteiger partial charge on any atom is -0.365 e. The molecule has 18 heavy (non-hydrogen) atoms. The SMILES string of the molecule is CCc1nccn1-c1cccc(NC(C)(C)C)n1. The highest BCUT2D eigenvalue weighted by molar-refractivity contribution is 5.42. The molecule has 0 spiro atoms. The van der Waals surface area contributed by atoms with Gasteiger partial charge in [0.15, 0.2) is 0 Å². The van der Waals surface area contributed by atoms with Gasteiger partial charge in [-0.05, 0) is 32.9 Å². The normalized spacial score (nSPS) is 11.6. The Bertz CT molecular complexity index is 523. The summed E-state index contributed by atoms with van der Waals surface area (Å²) in [5.41, 5.74) is 0.00808. The summed E-state index contributed by atoms with van der Waals surface area (Å²) in [5.74, 6) is 2.81. The minimum atomic E-state index is 0.00808. The van der Waals surface area contributed by atoms with Crippen LogP contribution in [0.5, 0.6) is 0 Å². The van der Waals surface area contributed by atoms with Gasteiger partial charge in [-0.2, -0.15) is 0 Å². The molecule has 2 aromatic rings. The second-order valence-corrected chi connectivity index (χ2v) is 5.32. The molecule has 0 unspecified atom stereocenters. The predicted octanol–water partition coefficient (Wildman–Crippen LogP) is 3.04. The molecule has 2 aromatic heterocycles. The van der Waals surface area contributed by atoms with Crippen molar-refractivity contribution in [1.82, 2.24) is 14.5 Å². The number of aryl methyl sites for hydroxylation is 1. The quantitative estimate of drug-likeness (QED) is 0.902. The molecule has 0 aliphatic rings. The standard InChI is InChI=1S/C14H20N4/c1-5-12-15-9-10-18(12)13-8-6-7-11(16-13)17-14(2,3)4/h6-10H,5H2,1-4H3,(H,16,17). The molecule has 0 aromatic carbocycles. The highest BCUT2D eigenvalue weighted by atomic mass is 15.2. The zero-order valence-electron chi connectivity index (χ0n) is 11.4. The Morgan fingerprint density at radius 3 is 2.72 bits per heavy atom. The van der Waals surface area contributed by atoms with Crippen LogP contribution in [0.15, 0.2) is 30.6 Å². The average Bonchev–Trinajstić information content (AvgIpc) is 2.75. The van der Waals surface area contributed by atoms with Crippen LogP contribution in [0.3, 0.4) is 0 Å². The third kappa shape index (κ3) is 2.88. The van der Waals surface area contributed by atoms with Gasteiger partial charge in [0.2, 0.25) is 0 Å². The Kier molecular flexibility index (Phi) is 3.36. The van der Waals surface area contributed by atoms with E-state index in [0.29, 0.717) is 0 Å². The Hall–Kier alpha value is -1.84. The molecule has 0 fully saturated rings. The zero-order chi connectivity index (χ0) is 13.2. The average molecular weight is 244 g/mol. The molecule has 4 nitrogen and oxygen atoms in total. The molecule has 0 saturated carbocycles. The van der Waals surface area contributed by atoms with E-state index < -0.39 is 0 Å². The summed E-state index contributed by atoms with van der Waals surface area (Å²) in [6, 6.07) is 5.99. The fraction of sp³-hybridized carbons (Fsp3) is 0.429. The number of aromatic nitrogens is 3. The first-order valence-electron chi connectivity index (χ1n) is 6.27. The topological polar surface area (TPSA) is 42.7 Å². The van der Waals surface area contributed by atoms with Gasteiger partial charge < -0.3 is 5.32 Å². The molecule has 0 bridgehead atoms. The molecule has 4 heteroatoms. The molecule has 1 N–H and O–H groups in total. The number of nitrogens with zero attached hydrogens (tertiary/aromatic N) is 3. The van der Waals surface area contributed by atoms with Gasteiger partial charge >= 0.3 is 0 Å². The number of hydrogen-bond acceptors (Lipinski definition) is 3. The van der Waals surface area contributed by atoms with Crippen molar-refractivity contribution in [3.63, 3.8) is 0 Å². The van der Waals surface area contributed by atoms with E-state index in [1.165, 1.54) is 0 Å². The number of hydrogen-bond donors (Lipinski definition) is 1. The van der Waals surface area contributed by atoms with Crippen LogP contribution < -0.4 is 5.32 Å². The van der Waals surface area contributed by atoms with Gasteiger partial charge in [-0.3, -0.25) is 4.57 Å². The summed E-state index contributed by atoms with van der Waals surface area (Å²) in [6.45, 7) is 8.46. The molecule has 0 saturated heterocycles. The summed E-state index contributed by atoms with van der Waals surface area (Å²) in [5, 5.41) is 3.38. The van der Waals surface area contributed by atoms with E-state index in [9.17, 15) is 0 Å². The fourth-order valence-electron chi connectivity index (χ4n) is 1.82. The van der Waals surface area contributed by atoms with E-state index in [4.69, 9.17) is 0 Å². The van der Waals surface area contributed by atoms with Crippen molar-refractivity contribution < 1.29 is 0 Å².